The van der Waals surface area contributed by atoms with Gasteiger partial charge in [-0.25, -0.2) is 4.79 Å². The lowest BCUT2D eigenvalue weighted by Gasteiger charge is -2.33. The van der Waals surface area contributed by atoms with Gasteiger partial charge >= 0.3 is 5.97 Å². The molecule has 2 aliphatic rings. The van der Waals surface area contributed by atoms with Crippen LogP contribution in [0.1, 0.15) is 36.0 Å². The number of carbonyl (C=O) groups excluding carboxylic acids is 1. The third-order valence-corrected chi connectivity index (χ3v) is 4.68. The summed E-state index contributed by atoms with van der Waals surface area (Å²) >= 11 is 0. The molecule has 0 aromatic heterocycles. The summed E-state index contributed by atoms with van der Waals surface area (Å²) < 4.78 is 16.4. The van der Waals surface area contributed by atoms with E-state index in [0.717, 1.165) is 19.4 Å². The Morgan fingerprint density at radius 2 is 1.92 bits per heavy atom. The molecule has 1 atom stereocenters. The van der Waals surface area contributed by atoms with Crippen LogP contribution in [0.3, 0.4) is 0 Å². The first-order chi connectivity index (χ1) is 12.1. The fourth-order valence-corrected chi connectivity index (χ4v) is 3.07. The molecule has 0 spiro atoms. The van der Waals surface area contributed by atoms with Crippen molar-refractivity contribution in [1.29, 1.82) is 0 Å². The minimum absolute atomic E-state index is 0.131. The number of carboxylic acids is 1. The predicted molar refractivity (Wildman–Crippen MR) is 88.8 cm³/mol. The Morgan fingerprint density at radius 3 is 2.52 bits per heavy atom. The highest BCUT2D eigenvalue weighted by atomic mass is 16.5. The van der Waals surface area contributed by atoms with E-state index < -0.39 is 17.4 Å². The molecule has 3 rings (SSSR count). The number of amides is 1. The van der Waals surface area contributed by atoms with Crippen molar-refractivity contribution in [2.45, 2.75) is 37.3 Å². The van der Waals surface area contributed by atoms with E-state index in [-0.39, 0.29) is 18.9 Å². The van der Waals surface area contributed by atoms with Crippen molar-refractivity contribution < 1.29 is 28.9 Å². The first-order valence-corrected chi connectivity index (χ1v) is 8.57. The van der Waals surface area contributed by atoms with Gasteiger partial charge < -0.3 is 24.6 Å². The lowest BCUT2D eigenvalue weighted by atomic mass is 9.89. The molecular formula is C18H23NO6. The molecule has 2 aliphatic heterocycles. The maximum absolute atomic E-state index is 12.4. The van der Waals surface area contributed by atoms with Crippen LogP contribution in [0.5, 0.6) is 5.75 Å². The van der Waals surface area contributed by atoms with Crippen molar-refractivity contribution in [3.05, 3.63) is 29.8 Å². The highest BCUT2D eigenvalue weighted by Gasteiger charge is 2.41. The second-order valence-electron chi connectivity index (χ2n) is 6.42. The first-order valence-electron chi connectivity index (χ1n) is 8.57. The molecule has 0 aliphatic carbocycles. The van der Waals surface area contributed by atoms with E-state index in [1.165, 1.54) is 0 Å². The SMILES string of the molecule is O=C(NC1(C(=O)O)CCOCC1)c1ccc(OCC2CCCO2)cc1. The van der Waals surface area contributed by atoms with Crippen LogP contribution in [0.4, 0.5) is 0 Å². The van der Waals surface area contributed by atoms with Crippen LogP contribution in [-0.2, 0) is 14.3 Å². The Balaban J connectivity index is 1.58. The average Bonchev–Trinajstić information content (AvgIpc) is 3.14. The Bertz CT molecular complexity index is 602. The molecule has 0 radical (unpaired) electrons. The number of hydrogen-bond donors (Lipinski definition) is 2. The summed E-state index contributed by atoms with van der Waals surface area (Å²) in [5, 5.41) is 12.2. The molecule has 2 heterocycles. The van der Waals surface area contributed by atoms with Crippen molar-refractivity contribution in [2.75, 3.05) is 26.4 Å². The molecule has 7 nitrogen and oxygen atoms in total. The average molecular weight is 349 g/mol. The minimum Gasteiger partial charge on any atom is -0.491 e. The lowest BCUT2D eigenvalue weighted by molar-refractivity contribution is -0.148. The highest BCUT2D eigenvalue weighted by molar-refractivity contribution is 5.98. The maximum atomic E-state index is 12.4. The topological polar surface area (TPSA) is 94.1 Å². The second-order valence-corrected chi connectivity index (χ2v) is 6.42. The van der Waals surface area contributed by atoms with Gasteiger partial charge in [0.25, 0.3) is 5.91 Å². The molecule has 25 heavy (non-hydrogen) atoms. The van der Waals surface area contributed by atoms with Crippen molar-refractivity contribution in [3.63, 3.8) is 0 Å². The Hall–Kier alpha value is -2.12. The zero-order valence-corrected chi connectivity index (χ0v) is 14.0. The van der Waals surface area contributed by atoms with Gasteiger partial charge in [-0.1, -0.05) is 0 Å². The molecule has 136 valence electrons. The molecule has 2 saturated heterocycles. The van der Waals surface area contributed by atoms with E-state index >= 15 is 0 Å². The van der Waals surface area contributed by atoms with Crippen LogP contribution in [-0.4, -0.2) is 55.1 Å². The van der Waals surface area contributed by atoms with Gasteiger partial charge in [0.1, 0.15) is 17.9 Å². The fourth-order valence-electron chi connectivity index (χ4n) is 3.07. The maximum Gasteiger partial charge on any atom is 0.329 e. The van der Waals surface area contributed by atoms with Gasteiger partial charge in [-0.3, -0.25) is 4.79 Å². The third-order valence-electron chi connectivity index (χ3n) is 4.68. The highest BCUT2D eigenvalue weighted by Crippen LogP contribution is 2.22. The fraction of sp³-hybridized carbons (Fsp3) is 0.556. The summed E-state index contributed by atoms with van der Waals surface area (Å²) in [7, 11) is 0. The van der Waals surface area contributed by atoms with Crippen molar-refractivity contribution in [1.82, 2.24) is 5.32 Å². The zero-order chi connectivity index (χ0) is 17.7. The van der Waals surface area contributed by atoms with E-state index in [2.05, 4.69) is 5.32 Å². The van der Waals surface area contributed by atoms with E-state index in [9.17, 15) is 14.7 Å². The Kier molecular flexibility index (Phi) is 5.55. The smallest absolute Gasteiger partial charge is 0.329 e. The molecule has 2 fully saturated rings. The van der Waals surface area contributed by atoms with Gasteiger partial charge in [-0.05, 0) is 37.1 Å². The quantitative estimate of drug-likeness (QED) is 0.810. The number of rotatable bonds is 6. The van der Waals surface area contributed by atoms with Gasteiger partial charge in [0.05, 0.1) is 6.10 Å². The van der Waals surface area contributed by atoms with E-state index in [4.69, 9.17) is 14.2 Å². The normalized spacial score (nSPS) is 22.3. The monoisotopic (exact) mass is 349 g/mol. The number of nitrogens with one attached hydrogen (secondary N) is 1. The molecule has 0 saturated carbocycles. The molecular weight excluding hydrogens is 326 g/mol. The molecule has 1 amide bonds. The molecule has 1 aromatic rings. The van der Waals surface area contributed by atoms with Gasteiger partial charge in [0.15, 0.2) is 0 Å². The summed E-state index contributed by atoms with van der Waals surface area (Å²) in [5.41, 5.74) is -0.860. The van der Waals surface area contributed by atoms with E-state index in [0.29, 0.717) is 31.1 Å². The lowest BCUT2D eigenvalue weighted by Crippen LogP contribution is -2.57. The van der Waals surface area contributed by atoms with E-state index in [1.54, 1.807) is 24.3 Å². The number of aliphatic carboxylic acids is 1. The van der Waals surface area contributed by atoms with Crippen molar-refractivity contribution in [2.24, 2.45) is 0 Å². The van der Waals surface area contributed by atoms with Crippen LogP contribution in [0.25, 0.3) is 0 Å². The summed E-state index contributed by atoms with van der Waals surface area (Å²) in [5.74, 6) is -0.776. The summed E-state index contributed by atoms with van der Waals surface area (Å²) in [6.45, 7) is 1.92. The molecule has 1 aromatic carbocycles. The van der Waals surface area contributed by atoms with Gasteiger partial charge in [0, 0.05) is 38.2 Å². The van der Waals surface area contributed by atoms with Crippen LogP contribution in [0.15, 0.2) is 24.3 Å². The zero-order valence-electron chi connectivity index (χ0n) is 14.0. The number of benzene rings is 1. The minimum atomic E-state index is -1.26. The molecule has 0 bridgehead atoms. The summed E-state index contributed by atoms with van der Waals surface area (Å²) in [6, 6.07) is 6.69. The Morgan fingerprint density at radius 1 is 1.20 bits per heavy atom. The third kappa shape index (κ3) is 4.29. The van der Waals surface area contributed by atoms with Crippen LogP contribution in [0.2, 0.25) is 0 Å². The number of carboxylic acid groups (broad SMARTS) is 1. The van der Waals surface area contributed by atoms with Crippen molar-refractivity contribution >= 4 is 11.9 Å². The van der Waals surface area contributed by atoms with Crippen LogP contribution in [0, 0.1) is 0 Å². The Labute approximate surface area is 146 Å². The largest absolute Gasteiger partial charge is 0.491 e. The van der Waals surface area contributed by atoms with Crippen molar-refractivity contribution in [3.8, 4) is 5.75 Å². The molecule has 1 unspecified atom stereocenters. The number of carbonyl (C=O) groups is 2. The number of ether oxygens (including phenoxy) is 3. The molecule has 2 N–H and O–H groups in total. The predicted octanol–water partition coefficient (Wildman–Crippen LogP) is 1.61. The standard InChI is InChI=1S/C18H23NO6/c20-16(19-18(17(21)22)7-10-23-11-8-18)13-3-5-14(6-4-13)25-12-15-2-1-9-24-15/h3-6,15H,1-2,7-12H2,(H,19,20)(H,21,22). The van der Waals surface area contributed by atoms with Gasteiger partial charge in [-0.15, -0.1) is 0 Å². The summed E-state index contributed by atoms with van der Waals surface area (Å²) in [4.78, 5) is 24.0. The van der Waals surface area contributed by atoms with Gasteiger partial charge in [0.2, 0.25) is 0 Å². The van der Waals surface area contributed by atoms with E-state index in [1.807, 2.05) is 0 Å². The first kappa shape index (κ1) is 17.7. The van der Waals surface area contributed by atoms with Crippen LogP contribution < -0.4 is 10.1 Å². The molecule has 7 heteroatoms. The van der Waals surface area contributed by atoms with Gasteiger partial charge in [-0.2, -0.15) is 0 Å². The second kappa shape index (κ2) is 7.84. The summed E-state index contributed by atoms with van der Waals surface area (Å²) in [6.07, 6.45) is 2.71. The van der Waals surface area contributed by atoms with Crippen LogP contribution >= 0.6 is 0 Å². The number of hydrogen-bond acceptors (Lipinski definition) is 5.